The molecule has 108 valence electrons. The lowest BCUT2D eigenvalue weighted by Crippen LogP contribution is -2.41. The predicted molar refractivity (Wildman–Crippen MR) is 73.2 cm³/mol. The van der Waals surface area contributed by atoms with Gasteiger partial charge in [-0.15, -0.1) is 0 Å². The Morgan fingerprint density at radius 1 is 1.45 bits per heavy atom. The molecule has 0 fully saturated rings. The zero-order chi connectivity index (χ0) is 15.2. The molecule has 7 heteroatoms. The van der Waals surface area contributed by atoms with Crippen LogP contribution in [0.1, 0.15) is 30.9 Å². The van der Waals surface area contributed by atoms with Crippen molar-refractivity contribution >= 4 is 16.0 Å². The van der Waals surface area contributed by atoms with Crippen molar-refractivity contribution in [2.45, 2.75) is 31.6 Å². The summed E-state index contributed by atoms with van der Waals surface area (Å²) in [5.74, 6) is -1.62. The van der Waals surface area contributed by atoms with E-state index in [0.29, 0.717) is 12.0 Å². The highest BCUT2D eigenvalue weighted by Crippen LogP contribution is 2.12. The minimum absolute atomic E-state index is 0.217. The van der Waals surface area contributed by atoms with Crippen LogP contribution in [0.3, 0.4) is 0 Å². The van der Waals surface area contributed by atoms with Crippen molar-refractivity contribution < 1.29 is 18.3 Å². The largest absolute Gasteiger partial charge is 0.480 e. The molecule has 0 spiro atoms. The Kier molecular flexibility index (Phi) is 5.67. The average molecular weight is 296 g/mol. The minimum Gasteiger partial charge on any atom is -0.480 e. The monoisotopic (exact) mass is 296 g/mol. The Morgan fingerprint density at radius 2 is 2.10 bits per heavy atom. The first-order chi connectivity index (χ1) is 9.39. The van der Waals surface area contributed by atoms with Crippen molar-refractivity contribution in [2.24, 2.45) is 0 Å². The summed E-state index contributed by atoms with van der Waals surface area (Å²) in [5.41, 5.74) is 0.614. The molecule has 0 amide bonds. The van der Waals surface area contributed by atoms with E-state index < -0.39 is 27.8 Å². The minimum atomic E-state index is -3.82. The standard InChI is InChI=1S/C13H16N2O4S/c1-2-5-12(13(16)17)15-20(18,19)9-11-7-4-3-6-10(11)8-14/h3-4,6-7,12,15H,2,5,9H2,1H3,(H,16,17). The van der Waals surface area contributed by atoms with Gasteiger partial charge < -0.3 is 5.11 Å². The van der Waals surface area contributed by atoms with E-state index in [0.717, 1.165) is 0 Å². The van der Waals surface area contributed by atoms with Gasteiger partial charge in [-0.3, -0.25) is 4.79 Å². The van der Waals surface area contributed by atoms with Gasteiger partial charge >= 0.3 is 5.97 Å². The Balaban J connectivity index is 2.90. The summed E-state index contributed by atoms with van der Waals surface area (Å²) in [6.07, 6.45) is 0.767. The van der Waals surface area contributed by atoms with Crippen LogP contribution in [0.2, 0.25) is 0 Å². The highest BCUT2D eigenvalue weighted by Gasteiger charge is 2.24. The van der Waals surface area contributed by atoms with Crippen LogP contribution < -0.4 is 4.72 Å². The molecule has 0 saturated carbocycles. The number of hydrogen-bond acceptors (Lipinski definition) is 4. The first-order valence-corrected chi connectivity index (χ1v) is 7.75. The quantitative estimate of drug-likeness (QED) is 0.787. The van der Waals surface area contributed by atoms with Gasteiger partial charge in [0.2, 0.25) is 10.0 Å². The van der Waals surface area contributed by atoms with Crippen molar-refractivity contribution in [3.05, 3.63) is 35.4 Å². The van der Waals surface area contributed by atoms with Gasteiger partial charge in [-0.25, -0.2) is 13.1 Å². The fourth-order valence-electron chi connectivity index (χ4n) is 1.74. The number of carbonyl (C=O) groups is 1. The van der Waals surface area contributed by atoms with Gasteiger partial charge in [0.25, 0.3) is 0 Å². The number of carboxylic acids is 1. The van der Waals surface area contributed by atoms with Crippen molar-refractivity contribution in [3.63, 3.8) is 0 Å². The second kappa shape index (κ2) is 7.03. The molecule has 0 heterocycles. The van der Waals surface area contributed by atoms with Crippen LogP contribution in [0, 0.1) is 11.3 Å². The van der Waals surface area contributed by atoms with Crippen LogP contribution in [-0.2, 0) is 20.6 Å². The molecule has 20 heavy (non-hydrogen) atoms. The maximum Gasteiger partial charge on any atom is 0.321 e. The van der Waals surface area contributed by atoms with Crippen molar-refractivity contribution in [2.75, 3.05) is 0 Å². The fourth-order valence-corrected chi connectivity index (χ4v) is 3.14. The summed E-state index contributed by atoms with van der Waals surface area (Å²) in [6.45, 7) is 1.77. The highest BCUT2D eigenvalue weighted by molar-refractivity contribution is 7.88. The third kappa shape index (κ3) is 4.64. The van der Waals surface area contributed by atoms with Gasteiger partial charge in [-0.05, 0) is 18.1 Å². The van der Waals surface area contributed by atoms with Gasteiger partial charge in [0.05, 0.1) is 17.4 Å². The smallest absolute Gasteiger partial charge is 0.321 e. The SMILES string of the molecule is CCCC(NS(=O)(=O)Cc1ccccc1C#N)C(=O)O. The highest BCUT2D eigenvalue weighted by atomic mass is 32.2. The van der Waals surface area contributed by atoms with Gasteiger partial charge in [0, 0.05) is 0 Å². The molecule has 1 atom stereocenters. The number of nitrogens with zero attached hydrogens (tertiary/aromatic N) is 1. The number of carboxylic acid groups (broad SMARTS) is 1. The second-order valence-electron chi connectivity index (χ2n) is 4.33. The first-order valence-electron chi connectivity index (χ1n) is 6.10. The van der Waals surface area contributed by atoms with E-state index in [1.165, 1.54) is 12.1 Å². The predicted octanol–water partition coefficient (Wildman–Crippen LogP) is 1.23. The summed E-state index contributed by atoms with van der Waals surface area (Å²) < 4.78 is 26.1. The van der Waals surface area contributed by atoms with Crippen LogP contribution in [-0.4, -0.2) is 25.5 Å². The summed E-state index contributed by atoms with van der Waals surface area (Å²) in [6, 6.07) is 7.10. The molecule has 0 bridgehead atoms. The summed E-state index contributed by atoms with van der Waals surface area (Å²) in [4.78, 5) is 11.0. The fraction of sp³-hybridized carbons (Fsp3) is 0.385. The summed E-state index contributed by atoms with van der Waals surface area (Å²) in [7, 11) is -3.82. The molecule has 0 radical (unpaired) electrons. The number of nitriles is 1. The topological polar surface area (TPSA) is 107 Å². The van der Waals surface area contributed by atoms with E-state index in [1.54, 1.807) is 19.1 Å². The van der Waals surface area contributed by atoms with E-state index in [4.69, 9.17) is 10.4 Å². The molecular weight excluding hydrogens is 280 g/mol. The lowest BCUT2D eigenvalue weighted by atomic mass is 10.1. The Bertz CT molecular complexity index is 620. The van der Waals surface area contributed by atoms with E-state index in [9.17, 15) is 13.2 Å². The van der Waals surface area contributed by atoms with E-state index in [-0.39, 0.29) is 12.0 Å². The molecule has 1 aromatic carbocycles. The van der Waals surface area contributed by atoms with E-state index in [1.807, 2.05) is 6.07 Å². The maximum atomic E-state index is 12.0. The molecule has 0 aliphatic rings. The van der Waals surface area contributed by atoms with Crippen LogP contribution in [0.15, 0.2) is 24.3 Å². The van der Waals surface area contributed by atoms with Crippen molar-refractivity contribution in [3.8, 4) is 6.07 Å². The van der Waals surface area contributed by atoms with Crippen LogP contribution in [0.4, 0.5) is 0 Å². The zero-order valence-corrected chi connectivity index (χ0v) is 11.9. The third-order valence-corrected chi connectivity index (χ3v) is 4.02. The number of rotatable bonds is 7. The molecular formula is C13H16N2O4S. The Morgan fingerprint density at radius 3 is 2.65 bits per heavy atom. The van der Waals surface area contributed by atoms with Gasteiger partial charge in [-0.1, -0.05) is 31.5 Å². The molecule has 0 saturated heterocycles. The maximum absolute atomic E-state index is 12.0. The second-order valence-corrected chi connectivity index (χ2v) is 6.08. The molecule has 1 aromatic rings. The van der Waals surface area contributed by atoms with Gasteiger partial charge in [0.1, 0.15) is 6.04 Å². The van der Waals surface area contributed by atoms with Gasteiger partial charge in [0.15, 0.2) is 0 Å². The molecule has 0 aromatic heterocycles. The normalized spacial score (nSPS) is 12.6. The van der Waals surface area contributed by atoms with Gasteiger partial charge in [-0.2, -0.15) is 5.26 Å². The molecule has 0 aliphatic heterocycles. The van der Waals surface area contributed by atoms with Crippen LogP contribution >= 0.6 is 0 Å². The van der Waals surface area contributed by atoms with E-state index in [2.05, 4.69) is 4.72 Å². The average Bonchev–Trinajstić information content (AvgIpc) is 2.38. The number of aliphatic carboxylic acids is 1. The molecule has 6 nitrogen and oxygen atoms in total. The molecule has 1 unspecified atom stereocenters. The number of benzene rings is 1. The third-order valence-electron chi connectivity index (χ3n) is 2.68. The molecule has 0 aliphatic carbocycles. The van der Waals surface area contributed by atoms with Crippen molar-refractivity contribution in [1.29, 1.82) is 5.26 Å². The lowest BCUT2D eigenvalue weighted by molar-refractivity contribution is -0.139. The molecule has 2 N–H and O–H groups in total. The van der Waals surface area contributed by atoms with Crippen LogP contribution in [0.25, 0.3) is 0 Å². The Hall–Kier alpha value is -1.91. The summed E-state index contributed by atoms with van der Waals surface area (Å²) in [5, 5.41) is 17.9. The number of nitrogens with one attached hydrogen (secondary N) is 1. The Labute approximate surface area is 118 Å². The molecule has 1 rings (SSSR count). The first kappa shape index (κ1) is 16.1. The lowest BCUT2D eigenvalue weighted by Gasteiger charge is -2.14. The number of hydrogen-bond donors (Lipinski definition) is 2. The number of sulfonamides is 1. The zero-order valence-electron chi connectivity index (χ0n) is 11.0. The van der Waals surface area contributed by atoms with Crippen molar-refractivity contribution in [1.82, 2.24) is 4.72 Å². The van der Waals surface area contributed by atoms with E-state index >= 15 is 0 Å². The summed E-state index contributed by atoms with van der Waals surface area (Å²) >= 11 is 0. The van der Waals surface area contributed by atoms with Crippen LogP contribution in [0.5, 0.6) is 0 Å².